The summed E-state index contributed by atoms with van der Waals surface area (Å²) < 4.78 is 33.7. The second kappa shape index (κ2) is 11.1. The van der Waals surface area contributed by atoms with Gasteiger partial charge in [-0.25, -0.2) is 8.78 Å². The molecule has 3 N–H and O–H groups in total. The summed E-state index contributed by atoms with van der Waals surface area (Å²) in [6, 6.07) is 15.5. The molecule has 0 aliphatic carbocycles. The van der Waals surface area contributed by atoms with E-state index in [0.717, 1.165) is 28.6 Å². The van der Waals surface area contributed by atoms with Crippen molar-refractivity contribution in [2.75, 3.05) is 6.61 Å². The predicted molar refractivity (Wildman–Crippen MR) is 135 cm³/mol. The number of rotatable bonds is 7. The molecular weight excluding hydrogens is 462 g/mol. The van der Waals surface area contributed by atoms with Gasteiger partial charge in [-0.1, -0.05) is 36.1 Å². The third-order valence-electron chi connectivity index (χ3n) is 5.58. The maximum atomic E-state index is 14.0. The van der Waals surface area contributed by atoms with Crippen LogP contribution in [0.4, 0.5) is 8.78 Å². The lowest BCUT2D eigenvalue weighted by molar-refractivity contribution is 0.0910. The maximum Gasteiger partial charge on any atom is 0.255 e. The van der Waals surface area contributed by atoms with Crippen LogP contribution in [0.2, 0.25) is 0 Å². The summed E-state index contributed by atoms with van der Waals surface area (Å²) >= 11 is 0. The number of aliphatic hydroxyl groups is 1. The third-order valence-corrected chi connectivity index (χ3v) is 5.58. The number of ether oxygens (including phenoxy) is 1. The first kappa shape index (κ1) is 25.0. The predicted octanol–water partition coefficient (Wildman–Crippen LogP) is 4.97. The Hall–Kier alpha value is -4.15. The Morgan fingerprint density at radius 2 is 1.81 bits per heavy atom. The molecule has 1 atom stereocenters. The van der Waals surface area contributed by atoms with E-state index in [-0.39, 0.29) is 23.8 Å². The van der Waals surface area contributed by atoms with Crippen LogP contribution in [0.1, 0.15) is 40.9 Å². The van der Waals surface area contributed by atoms with Crippen molar-refractivity contribution in [3.63, 3.8) is 0 Å². The third kappa shape index (κ3) is 5.73. The molecule has 0 bridgehead atoms. The van der Waals surface area contributed by atoms with Gasteiger partial charge in [-0.3, -0.25) is 4.79 Å². The summed E-state index contributed by atoms with van der Waals surface area (Å²) in [6.07, 6.45) is 2.09. The van der Waals surface area contributed by atoms with E-state index < -0.39 is 23.6 Å². The number of amides is 1. The Morgan fingerprint density at radius 3 is 2.53 bits per heavy atom. The maximum absolute atomic E-state index is 14.0. The smallest absolute Gasteiger partial charge is 0.255 e. The van der Waals surface area contributed by atoms with Gasteiger partial charge in [-0.2, -0.15) is 0 Å². The van der Waals surface area contributed by atoms with Crippen molar-refractivity contribution in [1.29, 1.82) is 0 Å². The molecule has 1 aromatic heterocycles. The second-order valence-corrected chi connectivity index (χ2v) is 8.64. The molecule has 0 fully saturated rings. The number of fused-ring (bicyclic) bond motifs is 1. The number of carbonyl (C=O) groups excluding carboxylic acids is 1. The number of hydrogen-bond donors (Lipinski definition) is 3. The van der Waals surface area contributed by atoms with Crippen molar-refractivity contribution < 1.29 is 23.4 Å². The van der Waals surface area contributed by atoms with Crippen LogP contribution in [0.15, 0.2) is 66.9 Å². The molecular formula is C29H26F2N2O3. The number of benzene rings is 3. The van der Waals surface area contributed by atoms with Crippen molar-refractivity contribution >= 4 is 16.8 Å². The fourth-order valence-electron chi connectivity index (χ4n) is 3.88. The molecule has 0 spiro atoms. The highest BCUT2D eigenvalue weighted by atomic mass is 19.1. The van der Waals surface area contributed by atoms with E-state index >= 15 is 0 Å². The number of H-pyrrole nitrogens is 1. The topological polar surface area (TPSA) is 74.3 Å². The number of halogens is 2. The van der Waals surface area contributed by atoms with E-state index in [9.17, 15) is 18.7 Å². The molecule has 7 heteroatoms. The van der Waals surface area contributed by atoms with Gasteiger partial charge >= 0.3 is 0 Å². The molecule has 184 valence electrons. The second-order valence-electron chi connectivity index (χ2n) is 8.64. The lowest BCUT2D eigenvalue weighted by Crippen LogP contribution is -2.39. The van der Waals surface area contributed by atoms with Crippen LogP contribution in [0.5, 0.6) is 5.75 Å². The number of para-hydroxylation sites is 1. The minimum Gasteiger partial charge on any atom is -0.490 e. The van der Waals surface area contributed by atoms with Crippen LogP contribution in [-0.4, -0.2) is 34.8 Å². The first-order chi connectivity index (χ1) is 17.4. The summed E-state index contributed by atoms with van der Waals surface area (Å²) in [6.45, 7) is 3.41. The highest BCUT2D eigenvalue weighted by Gasteiger charge is 2.20. The van der Waals surface area contributed by atoms with Gasteiger partial charge in [-0.05, 0) is 62.2 Å². The number of hydrogen-bond acceptors (Lipinski definition) is 3. The van der Waals surface area contributed by atoms with Gasteiger partial charge in [0.1, 0.15) is 17.4 Å². The van der Waals surface area contributed by atoms with E-state index in [0.29, 0.717) is 17.7 Å². The lowest BCUT2D eigenvalue weighted by Gasteiger charge is -2.19. The number of aromatic nitrogens is 1. The fraction of sp³-hybridized carbons (Fsp3) is 0.207. The molecule has 1 heterocycles. The first-order valence-corrected chi connectivity index (χ1v) is 11.6. The van der Waals surface area contributed by atoms with E-state index in [1.807, 2.05) is 44.3 Å². The van der Waals surface area contributed by atoms with Gasteiger partial charge in [0, 0.05) is 22.7 Å². The Morgan fingerprint density at radius 1 is 1.06 bits per heavy atom. The molecule has 36 heavy (non-hydrogen) atoms. The minimum absolute atomic E-state index is 0.194. The average molecular weight is 489 g/mol. The Labute approximate surface area is 208 Å². The van der Waals surface area contributed by atoms with Gasteiger partial charge in [-0.15, -0.1) is 0 Å². The Kier molecular flexibility index (Phi) is 7.67. The van der Waals surface area contributed by atoms with Crippen molar-refractivity contribution in [2.24, 2.45) is 0 Å². The SMILES string of the molecule is CC(C)Oc1ccc(C#Cc2c(F)cccc2F)cc1C(=O)N[C@@H](CO)Cc1c[nH]c2ccccc12. The summed E-state index contributed by atoms with van der Waals surface area (Å²) in [5, 5.41) is 13.9. The monoisotopic (exact) mass is 488 g/mol. The van der Waals surface area contributed by atoms with Crippen LogP contribution < -0.4 is 10.1 Å². The number of aliphatic hydroxyl groups excluding tert-OH is 1. The molecule has 1 amide bonds. The van der Waals surface area contributed by atoms with Crippen LogP contribution in [0.25, 0.3) is 10.9 Å². The summed E-state index contributed by atoms with van der Waals surface area (Å²) in [4.78, 5) is 16.5. The van der Waals surface area contributed by atoms with Crippen LogP contribution in [0, 0.1) is 23.5 Å². The highest BCUT2D eigenvalue weighted by molar-refractivity contribution is 5.97. The summed E-state index contributed by atoms with van der Waals surface area (Å²) in [5.74, 6) is 3.60. The number of aromatic amines is 1. The van der Waals surface area contributed by atoms with E-state index in [4.69, 9.17) is 4.74 Å². The van der Waals surface area contributed by atoms with Crippen molar-refractivity contribution in [2.45, 2.75) is 32.4 Å². The molecule has 0 aliphatic heterocycles. The molecule has 4 aromatic rings. The van der Waals surface area contributed by atoms with Gasteiger partial charge in [0.15, 0.2) is 0 Å². The minimum atomic E-state index is -0.761. The Balaban J connectivity index is 1.60. The zero-order chi connectivity index (χ0) is 25.7. The zero-order valence-electron chi connectivity index (χ0n) is 19.9. The van der Waals surface area contributed by atoms with Crippen molar-refractivity contribution in [3.8, 4) is 17.6 Å². The van der Waals surface area contributed by atoms with Crippen molar-refractivity contribution in [1.82, 2.24) is 10.3 Å². The molecule has 0 saturated heterocycles. The molecule has 0 saturated carbocycles. The van der Waals surface area contributed by atoms with E-state index in [1.165, 1.54) is 12.1 Å². The van der Waals surface area contributed by atoms with Gasteiger partial charge < -0.3 is 20.1 Å². The molecule has 0 radical (unpaired) electrons. The van der Waals surface area contributed by atoms with Gasteiger partial charge in [0.05, 0.1) is 29.9 Å². The van der Waals surface area contributed by atoms with Crippen LogP contribution >= 0.6 is 0 Å². The Bertz CT molecular complexity index is 1430. The fourth-order valence-corrected chi connectivity index (χ4v) is 3.88. The summed E-state index contributed by atoms with van der Waals surface area (Å²) in [5.41, 5.74) is 2.19. The number of carbonyl (C=O) groups is 1. The molecule has 3 aromatic carbocycles. The van der Waals surface area contributed by atoms with Crippen molar-refractivity contribution in [3.05, 3.63) is 101 Å². The van der Waals surface area contributed by atoms with Gasteiger partial charge in [0.25, 0.3) is 5.91 Å². The molecule has 5 nitrogen and oxygen atoms in total. The van der Waals surface area contributed by atoms with Gasteiger partial charge in [0.2, 0.25) is 0 Å². The average Bonchev–Trinajstić information content (AvgIpc) is 3.26. The largest absolute Gasteiger partial charge is 0.490 e. The van der Waals surface area contributed by atoms with Crippen LogP contribution in [-0.2, 0) is 6.42 Å². The standard InChI is InChI=1S/C29H26F2N2O3/c1-18(2)36-28-13-11-19(10-12-23-25(30)7-5-8-26(23)31)14-24(28)29(35)33-21(17-34)15-20-16-32-27-9-4-3-6-22(20)27/h3-9,11,13-14,16,18,21,32,34H,15,17H2,1-2H3,(H,33,35)/t21-/m1/s1. The number of nitrogens with one attached hydrogen (secondary N) is 2. The molecule has 4 rings (SSSR count). The first-order valence-electron chi connectivity index (χ1n) is 11.6. The summed E-state index contributed by atoms with van der Waals surface area (Å²) in [7, 11) is 0. The quantitative estimate of drug-likeness (QED) is 0.322. The normalized spacial score (nSPS) is 11.7. The lowest BCUT2D eigenvalue weighted by atomic mass is 10.0. The van der Waals surface area contributed by atoms with Crippen LogP contribution in [0.3, 0.4) is 0 Å². The molecule has 0 aliphatic rings. The molecule has 0 unspecified atom stereocenters. The van der Waals surface area contributed by atoms with E-state index in [1.54, 1.807) is 12.1 Å². The highest BCUT2D eigenvalue weighted by Crippen LogP contribution is 2.23. The zero-order valence-corrected chi connectivity index (χ0v) is 19.9. The van der Waals surface area contributed by atoms with E-state index in [2.05, 4.69) is 22.1 Å².